The Hall–Kier alpha value is -2.21. The van der Waals surface area contributed by atoms with Crippen LogP contribution >= 0.6 is 0 Å². The van der Waals surface area contributed by atoms with Crippen LogP contribution in [-0.2, 0) is 4.79 Å². The molecule has 0 bridgehead atoms. The molecule has 1 aromatic heterocycles. The minimum atomic E-state index is -0.517. The summed E-state index contributed by atoms with van der Waals surface area (Å²) >= 11 is 0. The molecular formula is C16H23N5O. The third kappa shape index (κ3) is 3.17. The third-order valence-electron chi connectivity index (χ3n) is 4.20. The van der Waals surface area contributed by atoms with Crippen LogP contribution in [0.15, 0.2) is 24.3 Å². The molecule has 1 heterocycles. The van der Waals surface area contributed by atoms with E-state index < -0.39 is 5.41 Å². The summed E-state index contributed by atoms with van der Waals surface area (Å²) in [6.07, 6.45) is 1.43. The number of anilines is 1. The Labute approximate surface area is 130 Å². The molecule has 0 aliphatic carbocycles. The fraction of sp³-hybridized carbons (Fsp3) is 0.438. The summed E-state index contributed by atoms with van der Waals surface area (Å²) in [6, 6.07) is 7.51. The fourth-order valence-corrected chi connectivity index (χ4v) is 2.42. The van der Waals surface area contributed by atoms with Gasteiger partial charge in [-0.2, -0.15) is 5.10 Å². The summed E-state index contributed by atoms with van der Waals surface area (Å²) in [5, 5.41) is 9.92. The maximum absolute atomic E-state index is 12.6. The molecule has 22 heavy (non-hydrogen) atoms. The summed E-state index contributed by atoms with van der Waals surface area (Å²) in [5.74, 6) is 1.33. The van der Waals surface area contributed by atoms with Crippen molar-refractivity contribution in [2.45, 2.75) is 33.6 Å². The van der Waals surface area contributed by atoms with Crippen molar-refractivity contribution in [2.24, 2.45) is 11.1 Å². The number of carbonyl (C=O) groups excluding carboxylic acids is 1. The van der Waals surface area contributed by atoms with E-state index in [2.05, 4.69) is 20.5 Å². The van der Waals surface area contributed by atoms with Crippen molar-refractivity contribution in [3.8, 4) is 11.4 Å². The lowest BCUT2D eigenvalue weighted by atomic mass is 9.81. The molecule has 6 heteroatoms. The lowest BCUT2D eigenvalue weighted by Gasteiger charge is -2.28. The molecule has 0 aliphatic rings. The van der Waals surface area contributed by atoms with Crippen LogP contribution in [0.3, 0.4) is 0 Å². The lowest BCUT2D eigenvalue weighted by Crippen LogP contribution is -2.41. The highest BCUT2D eigenvalue weighted by Crippen LogP contribution is 2.28. The third-order valence-corrected chi connectivity index (χ3v) is 4.20. The predicted molar refractivity (Wildman–Crippen MR) is 87.3 cm³/mol. The van der Waals surface area contributed by atoms with Gasteiger partial charge in [0.25, 0.3) is 0 Å². The molecular weight excluding hydrogens is 278 g/mol. The number of carbonyl (C=O) groups is 1. The average Bonchev–Trinajstić information content (AvgIpc) is 2.96. The molecule has 0 unspecified atom stereocenters. The monoisotopic (exact) mass is 301 g/mol. The Kier molecular flexibility index (Phi) is 4.92. The molecule has 2 aromatic rings. The molecule has 2 rings (SSSR count). The lowest BCUT2D eigenvalue weighted by molar-refractivity contribution is -0.125. The Morgan fingerprint density at radius 2 is 2.09 bits per heavy atom. The highest BCUT2D eigenvalue weighted by atomic mass is 16.2. The second-order valence-corrected chi connectivity index (χ2v) is 5.47. The first-order valence-corrected chi connectivity index (χ1v) is 7.55. The number of aromatic amines is 1. The molecule has 118 valence electrons. The van der Waals surface area contributed by atoms with Crippen molar-refractivity contribution in [1.82, 2.24) is 15.2 Å². The molecule has 6 nitrogen and oxygen atoms in total. The summed E-state index contributed by atoms with van der Waals surface area (Å²) in [5.41, 5.74) is 6.89. The number of amides is 1. The van der Waals surface area contributed by atoms with Crippen LogP contribution in [0, 0.1) is 12.3 Å². The van der Waals surface area contributed by atoms with Crippen molar-refractivity contribution >= 4 is 11.6 Å². The van der Waals surface area contributed by atoms with Gasteiger partial charge in [-0.25, -0.2) is 4.98 Å². The van der Waals surface area contributed by atoms with E-state index >= 15 is 0 Å². The second-order valence-electron chi connectivity index (χ2n) is 5.47. The summed E-state index contributed by atoms with van der Waals surface area (Å²) in [4.78, 5) is 16.9. The van der Waals surface area contributed by atoms with Gasteiger partial charge in [0.2, 0.25) is 5.91 Å². The number of nitrogens with two attached hydrogens (primary N) is 1. The maximum Gasteiger partial charge on any atom is 0.231 e. The number of aromatic nitrogens is 3. The van der Waals surface area contributed by atoms with E-state index in [4.69, 9.17) is 5.73 Å². The Balaban J connectivity index is 2.22. The molecule has 0 aliphatic heterocycles. The van der Waals surface area contributed by atoms with Crippen molar-refractivity contribution in [1.29, 1.82) is 0 Å². The molecule has 1 amide bonds. The topological polar surface area (TPSA) is 96.7 Å². The summed E-state index contributed by atoms with van der Waals surface area (Å²) < 4.78 is 0. The number of benzene rings is 1. The number of hydrogen-bond donors (Lipinski definition) is 3. The van der Waals surface area contributed by atoms with E-state index in [1.165, 1.54) is 0 Å². The molecule has 0 saturated carbocycles. The molecule has 0 spiro atoms. The zero-order chi connectivity index (χ0) is 16.2. The van der Waals surface area contributed by atoms with Gasteiger partial charge in [0, 0.05) is 17.8 Å². The van der Waals surface area contributed by atoms with Gasteiger partial charge in [0.1, 0.15) is 5.82 Å². The summed E-state index contributed by atoms with van der Waals surface area (Å²) in [6.45, 7) is 6.16. The zero-order valence-electron chi connectivity index (χ0n) is 13.3. The zero-order valence-corrected chi connectivity index (χ0v) is 13.3. The van der Waals surface area contributed by atoms with Crippen molar-refractivity contribution in [3.05, 3.63) is 30.1 Å². The van der Waals surface area contributed by atoms with E-state index in [9.17, 15) is 4.79 Å². The van der Waals surface area contributed by atoms with E-state index in [0.717, 1.165) is 17.1 Å². The van der Waals surface area contributed by atoms with Crippen molar-refractivity contribution in [2.75, 3.05) is 11.9 Å². The second kappa shape index (κ2) is 6.70. The minimum Gasteiger partial charge on any atom is -0.329 e. The van der Waals surface area contributed by atoms with Gasteiger partial charge in [-0.05, 0) is 31.9 Å². The van der Waals surface area contributed by atoms with Gasteiger partial charge in [-0.15, -0.1) is 0 Å². The van der Waals surface area contributed by atoms with Gasteiger partial charge < -0.3 is 11.1 Å². The van der Waals surface area contributed by atoms with Crippen LogP contribution in [0.2, 0.25) is 0 Å². The van der Waals surface area contributed by atoms with Gasteiger partial charge in [-0.3, -0.25) is 9.89 Å². The highest BCUT2D eigenvalue weighted by molar-refractivity contribution is 5.95. The average molecular weight is 301 g/mol. The van der Waals surface area contributed by atoms with Crippen LogP contribution in [0.4, 0.5) is 5.69 Å². The van der Waals surface area contributed by atoms with Gasteiger partial charge in [0.05, 0.1) is 5.41 Å². The van der Waals surface area contributed by atoms with Gasteiger partial charge in [0.15, 0.2) is 5.82 Å². The standard InChI is InChI=1S/C16H23N5O/c1-4-16(5-2,10-17)15(22)19-13-8-6-7-12(9-13)14-18-11(3)20-21-14/h6-9H,4-5,10,17H2,1-3H3,(H,19,22)(H,18,20,21). The van der Waals surface area contributed by atoms with Crippen LogP contribution < -0.4 is 11.1 Å². The first-order valence-electron chi connectivity index (χ1n) is 7.55. The fourth-order valence-electron chi connectivity index (χ4n) is 2.42. The maximum atomic E-state index is 12.6. The number of rotatable bonds is 6. The first-order chi connectivity index (χ1) is 10.5. The molecule has 0 fully saturated rings. The number of aryl methyl sites for hydroxylation is 1. The van der Waals surface area contributed by atoms with E-state index in [0.29, 0.717) is 25.2 Å². The smallest absolute Gasteiger partial charge is 0.231 e. The quantitative estimate of drug-likeness (QED) is 0.763. The Morgan fingerprint density at radius 3 is 2.64 bits per heavy atom. The number of H-pyrrole nitrogens is 1. The van der Waals surface area contributed by atoms with Crippen molar-refractivity contribution in [3.63, 3.8) is 0 Å². The molecule has 0 saturated heterocycles. The Morgan fingerprint density at radius 1 is 1.36 bits per heavy atom. The van der Waals surface area contributed by atoms with Crippen LogP contribution in [0.1, 0.15) is 32.5 Å². The first kappa shape index (κ1) is 16.2. The van der Waals surface area contributed by atoms with Crippen LogP contribution in [0.5, 0.6) is 0 Å². The predicted octanol–water partition coefficient (Wildman–Crippen LogP) is 2.48. The Bertz CT molecular complexity index is 637. The number of nitrogens with zero attached hydrogens (tertiary/aromatic N) is 2. The molecule has 1 aromatic carbocycles. The highest BCUT2D eigenvalue weighted by Gasteiger charge is 2.33. The van der Waals surface area contributed by atoms with Crippen molar-refractivity contribution < 1.29 is 4.79 Å². The van der Waals surface area contributed by atoms with E-state index in [-0.39, 0.29) is 5.91 Å². The van der Waals surface area contributed by atoms with Crippen LogP contribution in [-0.4, -0.2) is 27.6 Å². The largest absolute Gasteiger partial charge is 0.329 e. The van der Waals surface area contributed by atoms with Crippen LogP contribution in [0.25, 0.3) is 11.4 Å². The number of nitrogens with one attached hydrogen (secondary N) is 2. The van der Waals surface area contributed by atoms with Gasteiger partial charge in [-0.1, -0.05) is 26.0 Å². The minimum absolute atomic E-state index is 0.0386. The number of hydrogen-bond acceptors (Lipinski definition) is 4. The van der Waals surface area contributed by atoms with Gasteiger partial charge >= 0.3 is 0 Å². The SMILES string of the molecule is CCC(CC)(CN)C(=O)Nc1cccc(-c2n[nH]c(C)n2)c1. The van der Waals surface area contributed by atoms with E-state index in [1.54, 1.807) is 0 Å². The molecule has 4 N–H and O–H groups in total. The normalized spacial score (nSPS) is 11.5. The molecule has 0 radical (unpaired) electrons. The molecule has 0 atom stereocenters. The van der Waals surface area contributed by atoms with E-state index in [1.807, 2.05) is 45.0 Å². The summed E-state index contributed by atoms with van der Waals surface area (Å²) in [7, 11) is 0.